The third-order valence-corrected chi connectivity index (χ3v) is 5.63. The van der Waals surface area contributed by atoms with Crippen LogP contribution in [0, 0.1) is 6.92 Å². The molecule has 1 aliphatic rings. The first-order valence-electron chi connectivity index (χ1n) is 8.05. The fourth-order valence-electron chi connectivity index (χ4n) is 3.37. The topological polar surface area (TPSA) is 54.5 Å². The maximum Gasteiger partial charge on any atom is 0.231 e. The Morgan fingerprint density at radius 1 is 1.12 bits per heavy atom. The Labute approximate surface area is 143 Å². The van der Waals surface area contributed by atoms with Gasteiger partial charge >= 0.3 is 0 Å². The molecule has 1 heterocycles. The van der Waals surface area contributed by atoms with E-state index in [2.05, 4.69) is 6.07 Å². The Bertz CT molecular complexity index is 887. The van der Waals surface area contributed by atoms with Crippen LogP contribution >= 0.6 is 0 Å². The van der Waals surface area contributed by atoms with Crippen molar-refractivity contribution in [3.63, 3.8) is 0 Å². The van der Waals surface area contributed by atoms with E-state index in [1.165, 1.54) is 11.8 Å². The van der Waals surface area contributed by atoms with Gasteiger partial charge in [-0.3, -0.25) is 4.79 Å². The van der Waals surface area contributed by atoms with E-state index in [1.807, 2.05) is 24.0 Å². The van der Waals surface area contributed by atoms with Crippen LogP contribution in [0.3, 0.4) is 0 Å². The van der Waals surface area contributed by atoms with E-state index in [1.54, 1.807) is 24.3 Å². The summed E-state index contributed by atoms with van der Waals surface area (Å²) in [6, 6.07) is 12.8. The number of hydrogen-bond donors (Lipinski definition) is 0. The lowest BCUT2D eigenvalue weighted by Crippen LogP contribution is -2.37. The molecule has 2 aromatic rings. The van der Waals surface area contributed by atoms with Crippen molar-refractivity contribution in [3.05, 3.63) is 59.2 Å². The van der Waals surface area contributed by atoms with Crippen molar-refractivity contribution in [2.75, 3.05) is 17.7 Å². The summed E-state index contributed by atoms with van der Waals surface area (Å²) < 4.78 is 23.9. The standard InChI is InChI=1S/C19H21NO3S/c1-14-7-5-9-15-10-6-12-20(19(14)15)18(21)13-16-8-3-4-11-17(16)24(2,22)23/h3-5,7-9,11H,6,10,12-13H2,1-2H3. The van der Waals surface area contributed by atoms with Gasteiger partial charge in [0.2, 0.25) is 5.91 Å². The van der Waals surface area contributed by atoms with E-state index in [0.717, 1.165) is 24.1 Å². The van der Waals surface area contributed by atoms with Gasteiger partial charge in [-0.25, -0.2) is 8.42 Å². The molecule has 0 spiro atoms. The van der Waals surface area contributed by atoms with Crippen LogP contribution in [-0.2, 0) is 27.5 Å². The van der Waals surface area contributed by atoms with Gasteiger partial charge in [-0.05, 0) is 42.5 Å². The highest BCUT2D eigenvalue weighted by Crippen LogP contribution is 2.31. The van der Waals surface area contributed by atoms with Crippen LogP contribution in [0.5, 0.6) is 0 Å². The highest BCUT2D eigenvalue weighted by molar-refractivity contribution is 7.90. The summed E-state index contributed by atoms with van der Waals surface area (Å²) in [7, 11) is -3.35. The maximum atomic E-state index is 12.9. The van der Waals surface area contributed by atoms with Crippen LogP contribution in [0.15, 0.2) is 47.4 Å². The van der Waals surface area contributed by atoms with E-state index < -0.39 is 9.84 Å². The molecule has 1 amide bonds. The van der Waals surface area contributed by atoms with Gasteiger partial charge in [0.15, 0.2) is 9.84 Å². The molecule has 0 bridgehead atoms. The molecule has 0 radical (unpaired) electrons. The second kappa shape index (κ2) is 6.40. The molecular formula is C19H21NO3S. The molecule has 2 aromatic carbocycles. The molecule has 0 aromatic heterocycles. The van der Waals surface area contributed by atoms with Crippen LogP contribution in [0.2, 0.25) is 0 Å². The summed E-state index contributed by atoms with van der Waals surface area (Å²) >= 11 is 0. The van der Waals surface area contributed by atoms with Gasteiger partial charge in [0, 0.05) is 18.5 Å². The van der Waals surface area contributed by atoms with Crippen molar-refractivity contribution < 1.29 is 13.2 Å². The van der Waals surface area contributed by atoms with Gasteiger partial charge in [0.05, 0.1) is 11.3 Å². The van der Waals surface area contributed by atoms with Gasteiger partial charge in [-0.2, -0.15) is 0 Å². The van der Waals surface area contributed by atoms with Crippen molar-refractivity contribution in [1.82, 2.24) is 0 Å². The highest BCUT2D eigenvalue weighted by atomic mass is 32.2. The Balaban J connectivity index is 1.94. The number of para-hydroxylation sites is 1. The third kappa shape index (κ3) is 3.22. The van der Waals surface area contributed by atoms with Crippen LogP contribution in [0.25, 0.3) is 0 Å². The van der Waals surface area contributed by atoms with Crippen LogP contribution in [0.4, 0.5) is 5.69 Å². The van der Waals surface area contributed by atoms with Crippen molar-refractivity contribution in [2.24, 2.45) is 0 Å². The number of carbonyl (C=O) groups is 1. The number of hydrogen-bond acceptors (Lipinski definition) is 3. The number of fused-ring (bicyclic) bond motifs is 1. The summed E-state index contributed by atoms with van der Waals surface area (Å²) in [5.41, 5.74) is 3.82. The first-order chi connectivity index (χ1) is 11.4. The quantitative estimate of drug-likeness (QED) is 0.861. The number of benzene rings is 2. The lowest BCUT2D eigenvalue weighted by Gasteiger charge is -2.31. The first kappa shape index (κ1) is 16.7. The van der Waals surface area contributed by atoms with E-state index in [-0.39, 0.29) is 17.2 Å². The number of aryl methyl sites for hydroxylation is 2. The molecule has 3 rings (SSSR count). The minimum Gasteiger partial charge on any atom is -0.312 e. The van der Waals surface area contributed by atoms with Gasteiger partial charge < -0.3 is 4.90 Å². The Hall–Kier alpha value is -2.14. The predicted molar refractivity (Wildman–Crippen MR) is 95.1 cm³/mol. The maximum absolute atomic E-state index is 12.9. The molecule has 126 valence electrons. The number of rotatable bonds is 3. The van der Waals surface area contributed by atoms with Crippen molar-refractivity contribution in [2.45, 2.75) is 31.1 Å². The minimum absolute atomic E-state index is 0.0543. The largest absolute Gasteiger partial charge is 0.312 e. The normalized spacial score (nSPS) is 14.3. The Kier molecular flexibility index (Phi) is 4.45. The molecule has 0 N–H and O–H groups in total. The van der Waals surface area contributed by atoms with E-state index in [0.29, 0.717) is 12.1 Å². The fraction of sp³-hybridized carbons (Fsp3) is 0.316. The fourth-order valence-corrected chi connectivity index (χ4v) is 4.31. The van der Waals surface area contributed by atoms with E-state index in [9.17, 15) is 13.2 Å². The molecule has 5 heteroatoms. The van der Waals surface area contributed by atoms with Gasteiger partial charge in [-0.1, -0.05) is 36.4 Å². The van der Waals surface area contributed by atoms with Gasteiger partial charge in [-0.15, -0.1) is 0 Å². The summed E-state index contributed by atoms with van der Waals surface area (Å²) in [6.07, 6.45) is 3.17. The molecule has 4 nitrogen and oxygen atoms in total. The average molecular weight is 343 g/mol. The average Bonchev–Trinajstić information content (AvgIpc) is 2.54. The summed E-state index contributed by atoms with van der Waals surface area (Å²) in [6.45, 7) is 2.69. The molecule has 0 saturated heterocycles. The van der Waals surface area contributed by atoms with Crippen LogP contribution in [-0.4, -0.2) is 27.1 Å². The van der Waals surface area contributed by atoms with Crippen molar-refractivity contribution >= 4 is 21.4 Å². The van der Waals surface area contributed by atoms with E-state index >= 15 is 0 Å². The van der Waals surface area contributed by atoms with Gasteiger partial charge in [0.25, 0.3) is 0 Å². The number of carbonyl (C=O) groups excluding carboxylic acids is 1. The van der Waals surface area contributed by atoms with Crippen molar-refractivity contribution in [3.8, 4) is 0 Å². The van der Waals surface area contributed by atoms with Crippen molar-refractivity contribution in [1.29, 1.82) is 0 Å². The zero-order chi connectivity index (χ0) is 17.3. The Morgan fingerprint density at radius 3 is 2.62 bits per heavy atom. The molecule has 0 unspecified atom stereocenters. The molecule has 1 aliphatic heterocycles. The molecule has 0 fully saturated rings. The van der Waals surface area contributed by atoms with Crippen LogP contribution in [0.1, 0.15) is 23.1 Å². The number of amides is 1. The molecule has 24 heavy (non-hydrogen) atoms. The highest BCUT2D eigenvalue weighted by Gasteiger charge is 2.25. The summed E-state index contributed by atoms with van der Waals surface area (Å²) in [5, 5.41) is 0. The molecule has 0 aliphatic carbocycles. The minimum atomic E-state index is -3.35. The first-order valence-corrected chi connectivity index (χ1v) is 9.94. The Morgan fingerprint density at radius 2 is 1.88 bits per heavy atom. The zero-order valence-electron chi connectivity index (χ0n) is 14.0. The van der Waals surface area contributed by atoms with Crippen LogP contribution < -0.4 is 4.90 Å². The van der Waals surface area contributed by atoms with E-state index in [4.69, 9.17) is 0 Å². The predicted octanol–water partition coefficient (Wildman–Crippen LogP) is 2.92. The monoisotopic (exact) mass is 343 g/mol. The third-order valence-electron chi connectivity index (χ3n) is 4.43. The number of nitrogens with zero attached hydrogens (tertiary/aromatic N) is 1. The molecule has 0 atom stereocenters. The molecular weight excluding hydrogens is 322 g/mol. The lowest BCUT2D eigenvalue weighted by atomic mass is 9.97. The summed E-state index contributed by atoms with van der Waals surface area (Å²) in [4.78, 5) is 14.9. The van der Waals surface area contributed by atoms with Gasteiger partial charge in [0.1, 0.15) is 0 Å². The summed E-state index contributed by atoms with van der Waals surface area (Å²) in [5.74, 6) is -0.0543. The SMILES string of the molecule is Cc1cccc2c1N(C(=O)Cc1ccccc1S(C)(=O)=O)CCC2. The lowest BCUT2D eigenvalue weighted by molar-refractivity contribution is -0.118. The smallest absolute Gasteiger partial charge is 0.231 e. The number of sulfone groups is 1. The second-order valence-electron chi connectivity index (χ2n) is 6.29. The molecule has 0 saturated carbocycles. The second-order valence-corrected chi connectivity index (χ2v) is 8.27. The number of anilines is 1. The zero-order valence-corrected chi connectivity index (χ0v) is 14.8.